The normalized spacial score (nSPS) is 21.7. The van der Waals surface area contributed by atoms with Crippen molar-refractivity contribution in [3.63, 3.8) is 0 Å². The predicted octanol–water partition coefficient (Wildman–Crippen LogP) is 1.57. The number of anilines is 1. The van der Waals surface area contributed by atoms with Gasteiger partial charge in [-0.05, 0) is 5.92 Å². The van der Waals surface area contributed by atoms with E-state index >= 15 is 0 Å². The highest BCUT2D eigenvalue weighted by molar-refractivity contribution is 7.81. The van der Waals surface area contributed by atoms with Crippen molar-refractivity contribution >= 4 is 24.4 Å². The number of rotatable bonds is 2. The topological polar surface area (TPSA) is 49.0 Å². The van der Waals surface area contributed by atoms with Crippen LogP contribution in [-0.4, -0.2) is 27.9 Å². The van der Waals surface area contributed by atoms with Crippen LogP contribution < -0.4 is 4.90 Å². The highest BCUT2D eigenvalue weighted by Gasteiger charge is 2.29. The van der Waals surface area contributed by atoms with Crippen LogP contribution in [0, 0.1) is 0 Å². The summed E-state index contributed by atoms with van der Waals surface area (Å²) in [6.45, 7) is 4.83. The number of aromatic nitrogens is 2. The Morgan fingerprint density at radius 2 is 2.40 bits per heavy atom. The Morgan fingerprint density at radius 3 is 2.87 bits per heavy atom. The Kier molecular flexibility index (Phi) is 2.73. The third kappa shape index (κ3) is 2.02. The molecule has 1 N–H and O–H groups in total. The maximum absolute atomic E-state index is 11.6. The molecule has 0 spiro atoms. The minimum atomic E-state index is 0.108. The van der Waals surface area contributed by atoms with Gasteiger partial charge in [-0.15, -0.1) is 0 Å². The maximum Gasteiger partial charge on any atom is 0.229 e. The number of thiol groups is 1. The first-order valence-electron chi connectivity index (χ1n) is 5.11. The lowest BCUT2D eigenvalue weighted by atomic mass is 10.1. The van der Waals surface area contributed by atoms with Crippen molar-refractivity contribution < 1.29 is 4.79 Å². The second-order valence-electron chi connectivity index (χ2n) is 4.20. The minimum Gasteiger partial charge on any atom is -0.294 e. The van der Waals surface area contributed by atoms with Crippen LogP contribution in [-0.2, 0) is 4.79 Å². The number of hydrogen-bond acceptors (Lipinski definition) is 3. The molecule has 15 heavy (non-hydrogen) atoms. The van der Waals surface area contributed by atoms with E-state index in [2.05, 4.69) is 36.7 Å². The van der Waals surface area contributed by atoms with E-state index in [9.17, 15) is 4.79 Å². The summed E-state index contributed by atoms with van der Waals surface area (Å²) in [7, 11) is 0. The zero-order valence-corrected chi connectivity index (χ0v) is 9.79. The minimum absolute atomic E-state index is 0.108. The molecule has 2 rings (SSSR count). The second-order valence-corrected chi connectivity index (χ2v) is 4.93. The molecule has 1 atom stereocenters. The van der Waals surface area contributed by atoms with Gasteiger partial charge in [0.2, 0.25) is 5.91 Å². The van der Waals surface area contributed by atoms with Gasteiger partial charge in [0.25, 0.3) is 0 Å². The summed E-state index contributed by atoms with van der Waals surface area (Å²) < 4.78 is 0. The molecule has 0 aromatic carbocycles. The molecule has 0 radical (unpaired) electrons. The average molecular weight is 225 g/mol. The predicted molar refractivity (Wildman–Crippen MR) is 62.4 cm³/mol. The third-order valence-corrected chi connectivity index (χ3v) is 2.93. The molecule has 1 unspecified atom stereocenters. The number of nitrogens with one attached hydrogen (secondary N) is 1. The van der Waals surface area contributed by atoms with Crippen molar-refractivity contribution in [3.8, 4) is 0 Å². The van der Waals surface area contributed by atoms with E-state index in [1.807, 2.05) is 6.07 Å². The van der Waals surface area contributed by atoms with Gasteiger partial charge in [-0.1, -0.05) is 13.8 Å². The lowest BCUT2D eigenvalue weighted by Crippen LogP contribution is -2.24. The molecule has 1 aromatic heterocycles. The van der Waals surface area contributed by atoms with E-state index < -0.39 is 0 Å². The zero-order chi connectivity index (χ0) is 11.0. The molecule has 0 saturated carbocycles. The first kappa shape index (κ1) is 10.5. The van der Waals surface area contributed by atoms with Gasteiger partial charge in [0.1, 0.15) is 0 Å². The monoisotopic (exact) mass is 225 g/mol. The highest BCUT2D eigenvalue weighted by atomic mass is 32.1. The van der Waals surface area contributed by atoms with Crippen molar-refractivity contribution in [1.82, 2.24) is 10.2 Å². The molecule has 0 aliphatic carbocycles. The summed E-state index contributed by atoms with van der Waals surface area (Å²) in [4.78, 5) is 13.3. The van der Waals surface area contributed by atoms with Crippen LogP contribution in [0.3, 0.4) is 0 Å². The van der Waals surface area contributed by atoms with Gasteiger partial charge in [0.15, 0.2) is 5.82 Å². The fourth-order valence-corrected chi connectivity index (χ4v) is 1.99. The van der Waals surface area contributed by atoms with Crippen molar-refractivity contribution in [2.24, 2.45) is 0 Å². The lowest BCUT2D eigenvalue weighted by Gasteiger charge is -2.11. The molecule has 1 saturated heterocycles. The Hall–Kier alpha value is -0.970. The van der Waals surface area contributed by atoms with E-state index in [1.165, 1.54) is 0 Å². The average Bonchev–Trinajstić information content (AvgIpc) is 2.71. The van der Waals surface area contributed by atoms with Gasteiger partial charge in [-0.2, -0.15) is 17.7 Å². The summed E-state index contributed by atoms with van der Waals surface area (Å²) in [5.41, 5.74) is 1.06. The fourth-order valence-electron chi connectivity index (χ4n) is 1.67. The van der Waals surface area contributed by atoms with Gasteiger partial charge in [-0.25, -0.2) is 0 Å². The number of nitrogens with zero attached hydrogens (tertiary/aromatic N) is 2. The number of hydrogen-bond donors (Lipinski definition) is 2. The van der Waals surface area contributed by atoms with Crippen LogP contribution in [0.25, 0.3) is 0 Å². The van der Waals surface area contributed by atoms with Crippen LogP contribution in [0.1, 0.15) is 31.9 Å². The number of carbonyl (C=O) groups is 1. The molecule has 1 fully saturated rings. The molecule has 5 heteroatoms. The van der Waals surface area contributed by atoms with E-state index in [0.29, 0.717) is 18.9 Å². The first-order valence-corrected chi connectivity index (χ1v) is 5.63. The molecule has 4 nitrogen and oxygen atoms in total. The number of carbonyl (C=O) groups excluding carboxylic acids is 1. The second kappa shape index (κ2) is 3.89. The van der Waals surface area contributed by atoms with Gasteiger partial charge in [-0.3, -0.25) is 14.8 Å². The van der Waals surface area contributed by atoms with Crippen LogP contribution in [0.2, 0.25) is 0 Å². The van der Waals surface area contributed by atoms with Gasteiger partial charge >= 0.3 is 0 Å². The summed E-state index contributed by atoms with van der Waals surface area (Å²) in [5.74, 6) is 1.23. The molecule has 1 aliphatic rings. The number of amides is 1. The summed E-state index contributed by atoms with van der Waals surface area (Å²) in [6, 6.07) is 1.94. The van der Waals surface area contributed by atoms with Crippen molar-refractivity contribution in [3.05, 3.63) is 11.8 Å². The zero-order valence-electron chi connectivity index (χ0n) is 8.90. The number of H-pyrrole nitrogens is 1. The smallest absolute Gasteiger partial charge is 0.229 e. The van der Waals surface area contributed by atoms with Crippen molar-refractivity contribution in [2.75, 3.05) is 11.4 Å². The van der Waals surface area contributed by atoms with E-state index in [4.69, 9.17) is 0 Å². The van der Waals surface area contributed by atoms with Gasteiger partial charge < -0.3 is 0 Å². The van der Waals surface area contributed by atoms with Crippen LogP contribution >= 0.6 is 12.6 Å². The molecule has 1 aliphatic heterocycles. The fraction of sp³-hybridized carbons (Fsp3) is 0.600. The Morgan fingerprint density at radius 1 is 1.67 bits per heavy atom. The largest absolute Gasteiger partial charge is 0.294 e. The van der Waals surface area contributed by atoms with Crippen molar-refractivity contribution in [1.29, 1.82) is 0 Å². The van der Waals surface area contributed by atoms with E-state index in [1.54, 1.807) is 4.90 Å². The van der Waals surface area contributed by atoms with Crippen LogP contribution in [0.15, 0.2) is 6.07 Å². The Bertz CT molecular complexity index is 374. The third-order valence-electron chi connectivity index (χ3n) is 2.59. The standard InChI is InChI=1S/C10H15N3OS/c1-6(2)8-4-9(12-11-8)13-5-7(15)3-10(13)14/h4,6-7,15H,3,5H2,1-2H3,(H,11,12). The highest BCUT2D eigenvalue weighted by Crippen LogP contribution is 2.24. The van der Waals surface area contributed by atoms with E-state index in [-0.39, 0.29) is 11.2 Å². The molecular weight excluding hydrogens is 210 g/mol. The van der Waals surface area contributed by atoms with Gasteiger partial charge in [0.05, 0.1) is 0 Å². The Labute approximate surface area is 94.5 Å². The van der Waals surface area contributed by atoms with Crippen LogP contribution in [0.5, 0.6) is 0 Å². The molecule has 0 bridgehead atoms. The molecule has 1 aromatic rings. The summed E-state index contributed by atoms with van der Waals surface area (Å²) in [5, 5.41) is 7.23. The first-order chi connectivity index (χ1) is 7.08. The lowest BCUT2D eigenvalue weighted by molar-refractivity contribution is -0.117. The van der Waals surface area contributed by atoms with Crippen molar-refractivity contribution in [2.45, 2.75) is 31.4 Å². The SMILES string of the molecule is CC(C)c1cc(N2CC(S)CC2=O)n[nH]1. The molecule has 2 heterocycles. The molecule has 1 amide bonds. The quantitative estimate of drug-likeness (QED) is 0.751. The maximum atomic E-state index is 11.6. The van der Waals surface area contributed by atoms with Crippen LogP contribution in [0.4, 0.5) is 5.82 Å². The van der Waals surface area contributed by atoms with Gasteiger partial charge in [0, 0.05) is 30.0 Å². The Balaban J connectivity index is 2.19. The summed E-state index contributed by atoms with van der Waals surface area (Å²) in [6.07, 6.45) is 0.507. The van der Waals surface area contributed by atoms with E-state index in [0.717, 1.165) is 11.5 Å². The molecule has 82 valence electrons. The molecular formula is C10H15N3OS. The summed E-state index contributed by atoms with van der Waals surface area (Å²) >= 11 is 4.31. The number of aromatic amines is 1.